The molecule has 3 aliphatic rings. The quantitative estimate of drug-likeness (QED) is 0.483. The molecule has 2 aromatic rings. The number of ether oxygens (including phenoxy) is 2. The lowest BCUT2D eigenvalue weighted by Crippen LogP contribution is -2.46. The highest BCUT2D eigenvalue weighted by Gasteiger charge is 2.40. The van der Waals surface area contributed by atoms with Crippen molar-refractivity contribution in [3.8, 4) is 5.75 Å². The topological polar surface area (TPSA) is 54.6 Å². The minimum absolute atomic E-state index is 0.375. The molecule has 1 saturated heterocycles. The fraction of sp³-hybridized carbons (Fsp3) is 0.679. The van der Waals surface area contributed by atoms with E-state index in [2.05, 4.69) is 32.8 Å². The van der Waals surface area contributed by atoms with E-state index < -0.39 is 0 Å². The van der Waals surface area contributed by atoms with Crippen LogP contribution in [0.15, 0.2) is 18.2 Å². The molecule has 33 heavy (non-hydrogen) atoms. The number of H-pyrrole nitrogens is 1. The third-order valence-corrected chi connectivity index (χ3v) is 6.72. The van der Waals surface area contributed by atoms with Crippen molar-refractivity contribution >= 4 is 17.4 Å². The molecule has 1 saturated carbocycles. The standard InChI is InChI=1S/C20H26N2O.C2H4O2.3C2H6/c1-23-18-8-4-7-16-19(18)15-9-10-22-12-14-6-3-2-5-13(14)11-17(22)20(15)21-16;1-4-2-3;3*1-2/h4,7-8,13-14,17,21H,2-3,5-6,9-12H2,1H3;2H,1H3;3*1-2H3. The number of nitrogens with one attached hydrogen (secondary N) is 1. The van der Waals surface area contributed by atoms with E-state index in [1.807, 2.05) is 41.5 Å². The molecule has 1 aromatic carbocycles. The predicted molar refractivity (Wildman–Crippen MR) is 140 cm³/mol. The van der Waals surface area contributed by atoms with Gasteiger partial charge in [0.1, 0.15) is 5.75 Å². The van der Waals surface area contributed by atoms with Gasteiger partial charge in [0.25, 0.3) is 6.47 Å². The van der Waals surface area contributed by atoms with E-state index in [4.69, 9.17) is 9.53 Å². The number of methoxy groups -OCH3 is 2. The van der Waals surface area contributed by atoms with Crippen molar-refractivity contribution in [3.63, 3.8) is 0 Å². The second-order valence-corrected chi connectivity index (χ2v) is 8.03. The number of nitrogens with zero attached hydrogens (tertiary/aromatic N) is 1. The Labute approximate surface area is 202 Å². The molecule has 0 bridgehead atoms. The van der Waals surface area contributed by atoms with Crippen LogP contribution in [0.4, 0.5) is 0 Å². The van der Waals surface area contributed by atoms with Gasteiger partial charge in [0.2, 0.25) is 0 Å². The molecule has 3 unspecified atom stereocenters. The number of rotatable bonds is 2. The summed E-state index contributed by atoms with van der Waals surface area (Å²) in [6.07, 6.45) is 8.32. The third-order valence-electron chi connectivity index (χ3n) is 6.72. The molecule has 3 atom stereocenters. The number of carbonyl (C=O) groups excluding carboxylic acids is 1. The molecule has 5 rings (SSSR count). The number of carbonyl (C=O) groups is 1. The summed E-state index contributed by atoms with van der Waals surface area (Å²) in [6, 6.07) is 7.00. The lowest BCUT2D eigenvalue weighted by Gasteiger charge is -2.48. The molecule has 5 nitrogen and oxygen atoms in total. The molecule has 3 heterocycles. The van der Waals surface area contributed by atoms with Crippen molar-refractivity contribution in [2.75, 3.05) is 27.3 Å². The molecular weight excluding hydrogens is 412 g/mol. The molecule has 1 aromatic heterocycles. The number of aromatic amines is 1. The van der Waals surface area contributed by atoms with E-state index in [0.29, 0.717) is 12.5 Å². The number of hydrogen-bond acceptors (Lipinski definition) is 4. The summed E-state index contributed by atoms with van der Waals surface area (Å²) < 4.78 is 9.50. The van der Waals surface area contributed by atoms with Crippen LogP contribution in [0.3, 0.4) is 0 Å². The summed E-state index contributed by atoms with van der Waals surface area (Å²) in [7, 11) is 3.10. The molecule has 1 aliphatic carbocycles. The van der Waals surface area contributed by atoms with Crippen molar-refractivity contribution in [2.45, 2.75) is 86.1 Å². The first-order valence-corrected chi connectivity index (χ1v) is 13.1. The van der Waals surface area contributed by atoms with Gasteiger partial charge >= 0.3 is 0 Å². The summed E-state index contributed by atoms with van der Waals surface area (Å²) in [6.45, 7) is 14.9. The van der Waals surface area contributed by atoms with Gasteiger partial charge in [-0.05, 0) is 48.8 Å². The highest BCUT2D eigenvalue weighted by Crippen LogP contribution is 2.47. The largest absolute Gasteiger partial charge is 0.496 e. The van der Waals surface area contributed by atoms with E-state index in [1.165, 1.54) is 74.5 Å². The van der Waals surface area contributed by atoms with E-state index in [9.17, 15) is 0 Å². The monoisotopic (exact) mass is 460 g/mol. The van der Waals surface area contributed by atoms with Gasteiger partial charge < -0.3 is 14.5 Å². The second-order valence-electron chi connectivity index (χ2n) is 8.03. The molecule has 2 fully saturated rings. The van der Waals surface area contributed by atoms with Crippen LogP contribution in [0, 0.1) is 11.8 Å². The van der Waals surface area contributed by atoms with Gasteiger partial charge in [-0.1, -0.05) is 66.9 Å². The van der Waals surface area contributed by atoms with Gasteiger partial charge in [0, 0.05) is 29.7 Å². The molecule has 0 spiro atoms. The summed E-state index contributed by atoms with van der Waals surface area (Å²) in [5.41, 5.74) is 4.26. The number of aromatic nitrogens is 1. The predicted octanol–water partition coefficient (Wildman–Crippen LogP) is 7.15. The van der Waals surface area contributed by atoms with Crippen molar-refractivity contribution in [2.24, 2.45) is 11.8 Å². The Hall–Kier alpha value is -2.01. The average molecular weight is 461 g/mol. The summed E-state index contributed by atoms with van der Waals surface area (Å²) in [5, 5.41) is 1.33. The van der Waals surface area contributed by atoms with Crippen molar-refractivity contribution < 1.29 is 14.3 Å². The van der Waals surface area contributed by atoms with Gasteiger partial charge in [-0.2, -0.15) is 0 Å². The Morgan fingerprint density at radius 1 is 1.00 bits per heavy atom. The van der Waals surface area contributed by atoms with Gasteiger partial charge in [-0.3, -0.25) is 9.69 Å². The molecule has 0 amide bonds. The number of benzene rings is 1. The lowest BCUT2D eigenvalue weighted by atomic mass is 9.71. The van der Waals surface area contributed by atoms with E-state index in [-0.39, 0.29) is 0 Å². The van der Waals surface area contributed by atoms with Crippen LogP contribution in [0.25, 0.3) is 10.9 Å². The van der Waals surface area contributed by atoms with Gasteiger partial charge in [-0.25, -0.2) is 0 Å². The minimum Gasteiger partial charge on any atom is -0.496 e. The van der Waals surface area contributed by atoms with E-state index in [0.717, 1.165) is 24.0 Å². The van der Waals surface area contributed by atoms with E-state index in [1.54, 1.807) is 7.11 Å². The number of piperidine rings is 1. The first-order valence-electron chi connectivity index (χ1n) is 13.1. The van der Waals surface area contributed by atoms with Crippen LogP contribution < -0.4 is 4.74 Å². The molecule has 1 N–H and O–H groups in total. The number of fused-ring (bicyclic) bond motifs is 6. The van der Waals surface area contributed by atoms with Crippen LogP contribution in [-0.4, -0.2) is 43.7 Å². The second kappa shape index (κ2) is 15.8. The first kappa shape index (κ1) is 29.0. The average Bonchev–Trinajstić information content (AvgIpc) is 3.30. The van der Waals surface area contributed by atoms with Crippen LogP contribution in [-0.2, 0) is 16.0 Å². The zero-order valence-corrected chi connectivity index (χ0v) is 22.4. The normalized spacial score (nSPS) is 22.5. The third kappa shape index (κ3) is 6.75. The van der Waals surface area contributed by atoms with Crippen molar-refractivity contribution in [3.05, 3.63) is 29.5 Å². The summed E-state index contributed by atoms with van der Waals surface area (Å²) in [5.74, 6) is 2.93. The first-order chi connectivity index (χ1) is 16.3. The highest BCUT2D eigenvalue weighted by molar-refractivity contribution is 5.91. The van der Waals surface area contributed by atoms with Gasteiger partial charge in [0.05, 0.1) is 20.3 Å². The van der Waals surface area contributed by atoms with Crippen LogP contribution >= 0.6 is 0 Å². The van der Waals surface area contributed by atoms with Gasteiger partial charge in [-0.15, -0.1) is 0 Å². The summed E-state index contributed by atoms with van der Waals surface area (Å²) in [4.78, 5) is 15.5. The molecular formula is C28H48N2O3. The fourth-order valence-corrected chi connectivity index (χ4v) is 5.52. The SMILES string of the molecule is CC.CC.CC.COC=O.COc1cccc2[nH]c3c(c12)CCN1CC2CCCCC2CC31. The molecule has 0 radical (unpaired) electrons. The fourth-order valence-electron chi connectivity index (χ4n) is 5.52. The van der Waals surface area contributed by atoms with Crippen molar-refractivity contribution in [1.82, 2.24) is 9.88 Å². The van der Waals surface area contributed by atoms with Crippen LogP contribution in [0.1, 0.15) is 90.9 Å². The molecule has 2 aliphatic heterocycles. The maximum Gasteiger partial charge on any atom is 0.292 e. The Morgan fingerprint density at radius 3 is 2.24 bits per heavy atom. The van der Waals surface area contributed by atoms with Crippen LogP contribution in [0.2, 0.25) is 0 Å². The number of hydrogen-bond donors (Lipinski definition) is 1. The Kier molecular flexibility index (Phi) is 13.9. The van der Waals surface area contributed by atoms with Crippen molar-refractivity contribution in [1.29, 1.82) is 0 Å². The zero-order valence-electron chi connectivity index (χ0n) is 22.4. The maximum atomic E-state index is 8.95. The van der Waals surface area contributed by atoms with Gasteiger partial charge in [0.15, 0.2) is 0 Å². The van der Waals surface area contributed by atoms with Crippen LogP contribution in [0.5, 0.6) is 5.75 Å². The lowest BCUT2D eigenvalue weighted by molar-refractivity contribution is -0.126. The zero-order chi connectivity index (χ0) is 24.8. The Balaban J connectivity index is 0.000000479. The van der Waals surface area contributed by atoms with E-state index >= 15 is 0 Å². The molecule has 5 heteroatoms. The minimum atomic E-state index is 0.375. The summed E-state index contributed by atoms with van der Waals surface area (Å²) >= 11 is 0. The smallest absolute Gasteiger partial charge is 0.292 e. The Bertz CT molecular complexity index is 802. The Morgan fingerprint density at radius 2 is 1.64 bits per heavy atom. The highest BCUT2D eigenvalue weighted by atomic mass is 16.5. The molecule has 188 valence electrons. The maximum absolute atomic E-state index is 8.95.